The molecule has 1 fully saturated rings. The molecule has 0 atom stereocenters. The fraction of sp³-hybridized carbons (Fsp3) is 1.00. The lowest BCUT2D eigenvalue weighted by Gasteiger charge is -2.18. The van der Waals surface area contributed by atoms with Crippen molar-refractivity contribution in [3.63, 3.8) is 0 Å². The van der Waals surface area contributed by atoms with Crippen LogP contribution in [0.1, 0.15) is 20.3 Å². The summed E-state index contributed by atoms with van der Waals surface area (Å²) in [6.45, 7) is 4.30. The molecule has 66 valence electrons. The molecule has 1 aliphatic heterocycles. The Morgan fingerprint density at radius 1 is 1.27 bits per heavy atom. The van der Waals surface area contributed by atoms with E-state index in [1.807, 2.05) is 13.8 Å². The first kappa shape index (κ1) is 8.96. The molecular formula is C6H12O4S. The zero-order chi connectivity index (χ0) is 8.54. The zero-order valence-electron chi connectivity index (χ0n) is 6.66. The van der Waals surface area contributed by atoms with Gasteiger partial charge in [0.1, 0.15) is 0 Å². The maximum Gasteiger partial charge on any atom is 0.399 e. The van der Waals surface area contributed by atoms with Crippen LogP contribution in [0.25, 0.3) is 0 Å². The lowest BCUT2D eigenvalue weighted by Crippen LogP contribution is -2.18. The normalized spacial score (nSPS) is 29.3. The minimum Gasteiger partial charge on any atom is -0.248 e. The van der Waals surface area contributed by atoms with Crippen molar-refractivity contribution in [1.29, 1.82) is 0 Å². The van der Waals surface area contributed by atoms with Crippen LogP contribution in [0.2, 0.25) is 0 Å². The first-order valence-electron chi connectivity index (χ1n) is 3.45. The highest BCUT2D eigenvalue weighted by molar-refractivity contribution is 7.81. The highest BCUT2D eigenvalue weighted by atomic mass is 32.3. The van der Waals surface area contributed by atoms with Crippen LogP contribution in [0.15, 0.2) is 0 Å². The van der Waals surface area contributed by atoms with Crippen molar-refractivity contribution in [2.75, 3.05) is 13.2 Å². The van der Waals surface area contributed by atoms with Gasteiger partial charge in [0.25, 0.3) is 0 Å². The van der Waals surface area contributed by atoms with E-state index in [2.05, 4.69) is 8.37 Å². The molecule has 5 heteroatoms. The van der Waals surface area contributed by atoms with Crippen molar-refractivity contribution < 1.29 is 16.8 Å². The predicted molar refractivity (Wildman–Crippen MR) is 39.2 cm³/mol. The van der Waals surface area contributed by atoms with Crippen LogP contribution in [0, 0.1) is 5.41 Å². The minimum absolute atomic E-state index is 0.108. The van der Waals surface area contributed by atoms with E-state index < -0.39 is 10.4 Å². The molecule has 1 heterocycles. The van der Waals surface area contributed by atoms with E-state index >= 15 is 0 Å². The predicted octanol–water partition coefficient (Wildman–Crippen LogP) is 0.694. The first-order chi connectivity index (χ1) is 4.91. The maximum absolute atomic E-state index is 10.7. The Morgan fingerprint density at radius 3 is 2.55 bits per heavy atom. The van der Waals surface area contributed by atoms with E-state index in [0.717, 1.165) is 0 Å². The average Bonchev–Trinajstić information content (AvgIpc) is 1.92. The summed E-state index contributed by atoms with van der Waals surface area (Å²) in [5.74, 6) is 0. The second kappa shape index (κ2) is 2.73. The second-order valence-corrected chi connectivity index (χ2v) is 4.69. The summed E-state index contributed by atoms with van der Waals surface area (Å²) in [7, 11) is -3.69. The van der Waals surface area contributed by atoms with Gasteiger partial charge in [-0.05, 0) is 11.8 Å². The third-order valence-corrected chi connectivity index (χ3v) is 2.46. The van der Waals surface area contributed by atoms with E-state index in [9.17, 15) is 8.42 Å². The summed E-state index contributed by atoms with van der Waals surface area (Å²) in [5, 5.41) is 0. The van der Waals surface area contributed by atoms with Crippen molar-refractivity contribution in [2.24, 2.45) is 5.41 Å². The van der Waals surface area contributed by atoms with Crippen molar-refractivity contribution in [3.05, 3.63) is 0 Å². The molecule has 1 saturated heterocycles. The van der Waals surface area contributed by atoms with Crippen molar-refractivity contribution >= 4 is 10.4 Å². The van der Waals surface area contributed by atoms with Gasteiger partial charge in [0.05, 0.1) is 13.2 Å². The quantitative estimate of drug-likeness (QED) is 0.550. The van der Waals surface area contributed by atoms with Gasteiger partial charge < -0.3 is 0 Å². The Labute approximate surface area is 66.8 Å². The van der Waals surface area contributed by atoms with Crippen LogP contribution in [0.4, 0.5) is 0 Å². The molecule has 0 aromatic heterocycles. The summed E-state index contributed by atoms with van der Waals surface area (Å²) < 4.78 is 30.5. The molecule has 0 N–H and O–H groups in total. The van der Waals surface area contributed by atoms with E-state index in [4.69, 9.17) is 0 Å². The van der Waals surface area contributed by atoms with Gasteiger partial charge in [-0.15, -0.1) is 0 Å². The Balaban J connectivity index is 2.68. The molecule has 0 saturated carbocycles. The van der Waals surface area contributed by atoms with Crippen molar-refractivity contribution in [2.45, 2.75) is 20.3 Å². The van der Waals surface area contributed by atoms with E-state index in [0.29, 0.717) is 6.42 Å². The smallest absolute Gasteiger partial charge is 0.248 e. The topological polar surface area (TPSA) is 52.6 Å². The Morgan fingerprint density at radius 2 is 1.91 bits per heavy atom. The SMILES string of the molecule is CC1(C)CCOS(=O)(=O)OC1. The molecule has 0 radical (unpaired) electrons. The summed E-state index contributed by atoms with van der Waals surface area (Å²) in [6, 6.07) is 0. The van der Waals surface area contributed by atoms with Gasteiger partial charge in [-0.1, -0.05) is 13.8 Å². The third-order valence-electron chi connectivity index (χ3n) is 1.60. The Kier molecular flexibility index (Phi) is 2.22. The van der Waals surface area contributed by atoms with E-state index in [1.54, 1.807) is 0 Å². The standard InChI is InChI=1S/C6H12O4S/c1-6(2)3-4-9-11(7,8)10-5-6/h3-5H2,1-2H3. The van der Waals surface area contributed by atoms with Crippen molar-refractivity contribution in [1.82, 2.24) is 0 Å². The van der Waals surface area contributed by atoms with E-state index in [-0.39, 0.29) is 18.6 Å². The number of hydrogen-bond acceptors (Lipinski definition) is 4. The van der Waals surface area contributed by atoms with Gasteiger partial charge in [0, 0.05) is 0 Å². The second-order valence-electron chi connectivity index (χ2n) is 3.41. The maximum atomic E-state index is 10.7. The number of rotatable bonds is 0. The molecule has 0 aromatic carbocycles. The Bertz CT molecular complexity index is 229. The van der Waals surface area contributed by atoms with E-state index in [1.165, 1.54) is 0 Å². The molecule has 0 aromatic rings. The van der Waals surface area contributed by atoms with Gasteiger partial charge in [-0.25, -0.2) is 8.37 Å². The Hall–Kier alpha value is -0.130. The molecule has 1 rings (SSSR count). The van der Waals surface area contributed by atoms with Gasteiger partial charge in [0.15, 0.2) is 0 Å². The first-order valence-corrected chi connectivity index (χ1v) is 4.78. The molecule has 0 amide bonds. The van der Waals surface area contributed by atoms with Crippen LogP contribution in [-0.2, 0) is 18.8 Å². The minimum atomic E-state index is -3.69. The van der Waals surface area contributed by atoms with Crippen LogP contribution >= 0.6 is 0 Å². The van der Waals surface area contributed by atoms with Gasteiger partial charge in [0.2, 0.25) is 0 Å². The molecular weight excluding hydrogens is 168 g/mol. The lowest BCUT2D eigenvalue weighted by atomic mass is 9.91. The molecule has 1 aliphatic rings. The largest absolute Gasteiger partial charge is 0.399 e. The average molecular weight is 180 g/mol. The van der Waals surface area contributed by atoms with Crippen LogP contribution in [0.3, 0.4) is 0 Å². The fourth-order valence-electron chi connectivity index (χ4n) is 0.758. The molecule has 11 heavy (non-hydrogen) atoms. The molecule has 0 bridgehead atoms. The monoisotopic (exact) mass is 180 g/mol. The van der Waals surface area contributed by atoms with Gasteiger partial charge in [-0.2, -0.15) is 8.42 Å². The van der Waals surface area contributed by atoms with Crippen LogP contribution in [-0.4, -0.2) is 21.6 Å². The highest BCUT2D eigenvalue weighted by Gasteiger charge is 2.27. The van der Waals surface area contributed by atoms with Crippen LogP contribution < -0.4 is 0 Å². The van der Waals surface area contributed by atoms with Gasteiger partial charge >= 0.3 is 10.4 Å². The lowest BCUT2D eigenvalue weighted by molar-refractivity contribution is 0.189. The van der Waals surface area contributed by atoms with Crippen molar-refractivity contribution in [3.8, 4) is 0 Å². The fourth-order valence-corrected chi connectivity index (χ4v) is 1.58. The molecule has 0 unspecified atom stereocenters. The van der Waals surface area contributed by atoms with Crippen LogP contribution in [0.5, 0.6) is 0 Å². The molecule has 0 spiro atoms. The molecule has 4 nitrogen and oxygen atoms in total. The number of hydrogen-bond donors (Lipinski definition) is 0. The summed E-state index contributed by atoms with van der Waals surface area (Å²) in [6.07, 6.45) is 0.701. The highest BCUT2D eigenvalue weighted by Crippen LogP contribution is 2.24. The summed E-state index contributed by atoms with van der Waals surface area (Å²) >= 11 is 0. The van der Waals surface area contributed by atoms with Gasteiger partial charge in [-0.3, -0.25) is 0 Å². The summed E-state index contributed by atoms with van der Waals surface area (Å²) in [5.41, 5.74) is -0.108. The zero-order valence-corrected chi connectivity index (χ0v) is 7.48. The molecule has 0 aliphatic carbocycles. The third kappa shape index (κ3) is 2.76. The summed E-state index contributed by atoms with van der Waals surface area (Å²) in [4.78, 5) is 0.